The molecule has 0 heterocycles. The molecule has 1 amide bonds. The Hall–Kier alpha value is -1.35. The third kappa shape index (κ3) is 3.35. The summed E-state index contributed by atoms with van der Waals surface area (Å²) in [5, 5.41) is 12.9. The van der Waals surface area contributed by atoms with Crippen LogP contribution in [0.1, 0.15) is 47.2 Å². The van der Waals surface area contributed by atoms with Gasteiger partial charge in [0.05, 0.1) is 6.10 Å². The van der Waals surface area contributed by atoms with E-state index in [1.807, 2.05) is 32.0 Å². The normalized spacial score (nSPS) is 23.1. The first-order chi connectivity index (χ1) is 9.09. The average molecular weight is 261 g/mol. The van der Waals surface area contributed by atoms with E-state index in [4.69, 9.17) is 0 Å². The second-order valence-electron chi connectivity index (χ2n) is 5.59. The number of aryl methyl sites for hydroxylation is 2. The van der Waals surface area contributed by atoms with Crippen LogP contribution in [0.3, 0.4) is 0 Å². The molecule has 1 aromatic carbocycles. The third-order valence-corrected chi connectivity index (χ3v) is 4.10. The quantitative estimate of drug-likeness (QED) is 0.878. The maximum atomic E-state index is 12.2. The fourth-order valence-corrected chi connectivity index (χ4v) is 2.91. The van der Waals surface area contributed by atoms with Crippen molar-refractivity contribution in [3.8, 4) is 0 Å². The molecule has 3 heteroatoms. The van der Waals surface area contributed by atoms with Crippen molar-refractivity contribution in [1.82, 2.24) is 5.32 Å². The van der Waals surface area contributed by atoms with Gasteiger partial charge in [-0.1, -0.05) is 31.0 Å². The summed E-state index contributed by atoms with van der Waals surface area (Å²) in [7, 11) is 0. The molecule has 2 rings (SSSR count). The van der Waals surface area contributed by atoms with Gasteiger partial charge in [-0.2, -0.15) is 0 Å². The van der Waals surface area contributed by atoms with Crippen molar-refractivity contribution in [1.29, 1.82) is 0 Å². The number of rotatable bonds is 3. The van der Waals surface area contributed by atoms with Gasteiger partial charge in [-0.3, -0.25) is 4.79 Å². The minimum atomic E-state index is -0.257. The Bertz CT molecular complexity index is 436. The molecule has 1 fully saturated rings. The van der Waals surface area contributed by atoms with Crippen LogP contribution in [0.15, 0.2) is 18.2 Å². The number of amides is 1. The van der Waals surface area contributed by atoms with E-state index in [1.165, 1.54) is 0 Å². The molecule has 0 aliphatic heterocycles. The van der Waals surface area contributed by atoms with Crippen LogP contribution in [0.5, 0.6) is 0 Å². The number of hydrogen-bond donors (Lipinski definition) is 2. The van der Waals surface area contributed by atoms with Crippen LogP contribution in [-0.4, -0.2) is 23.7 Å². The largest absolute Gasteiger partial charge is 0.393 e. The topological polar surface area (TPSA) is 49.3 Å². The molecule has 19 heavy (non-hydrogen) atoms. The molecular formula is C16H23NO2. The molecular weight excluding hydrogens is 238 g/mol. The van der Waals surface area contributed by atoms with Gasteiger partial charge in [0, 0.05) is 18.0 Å². The third-order valence-electron chi connectivity index (χ3n) is 4.10. The zero-order valence-electron chi connectivity index (χ0n) is 11.8. The number of hydrogen-bond acceptors (Lipinski definition) is 2. The van der Waals surface area contributed by atoms with Crippen LogP contribution in [0.25, 0.3) is 0 Å². The second kappa shape index (κ2) is 6.20. The first-order valence-electron chi connectivity index (χ1n) is 7.12. The van der Waals surface area contributed by atoms with Crippen LogP contribution in [-0.2, 0) is 0 Å². The van der Waals surface area contributed by atoms with Crippen molar-refractivity contribution >= 4 is 5.91 Å². The molecule has 104 valence electrons. The lowest BCUT2D eigenvalue weighted by Crippen LogP contribution is -2.37. The number of aliphatic hydroxyl groups is 1. The number of nitrogens with one attached hydrogen (secondary N) is 1. The predicted octanol–water partition coefficient (Wildman–Crippen LogP) is 2.58. The minimum Gasteiger partial charge on any atom is -0.393 e. The smallest absolute Gasteiger partial charge is 0.251 e. The van der Waals surface area contributed by atoms with E-state index in [1.54, 1.807) is 0 Å². The Morgan fingerprint density at radius 1 is 1.26 bits per heavy atom. The molecule has 2 atom stereocenters. The molecule has 3 nitrogen and oxygen atoms in total. The van der Waals surface area contributed by atoms with Gasteiger partial charge in [0.1, 0.15) is 0 Å². The summed E-state index contributed by atoms with van der Waals surface area (Å²) in [6.07, 6.45) is 3.87. The second-order valence-corrected chi connectivity index (χ2v) is 5.59. The molecule has 0 aromatic heterocycles. The molecule has 0 spiro atoms. The molecule has 0 bridgehead atoms. The van der Waals surface area contributed by atoms with Crippen LogP contribution in [0.2, 0.25) is 0 Å². The zero-order valence-corrected chi connectivity index (χ0v) is 11.8. The summed E-state index contributed by atoms with van der Waals surface area (Å²) in [5.74, 6) is 0.190. The minimum absolute atomic E-state index is 0.0200. The van der Waals surface area contributed by atoms with Gasteiger partial charge in [0.15, 0.2) is 0 Å². The van der Waals surface area contributed by atoms with E-state index >= 15 is 0 Å². The molecule has 1 aliphatic rings. The van der Waals surface area contributed by atoms with Gasteiger partial charge in [-0.25, -0.2) is 0 Å². The van der Waals surface area contributed by atoms with Crippen LogP contribution >= 0.6 is 0 Å². The van der Waals surface area contributed by atoms with E-state index < -0.39 is 0 Å². The van der Waals surface area contributed by atoms with E-state index in [2.05, 4.69) is 5.32 Å². The highest BCUT2D eigenvalue weighted by Gasteiger charge is 2.23. The zero-order chi connectivity index (χ0) is 13.8. The van der Waals surface area contributed by atoms with Crippen molar-refractivity contribution < 1.29 is 9.90 Å². The number of aliphatic hydroxyl groups excluding tert-OH is 1. The number of carbonyl (C=O) groups excluding carboxylic acids is 1. The Labute approximate surface area is 115 Å². The molecule has 2 N–H and O–H groups in total. The van der Waals surface area contributed by atoms with Gasteiger partial charge in [-0.15, -0.1) is 0 Å². The van der Waals surface area contributed by atoms with Crippen LogP contribution in [0.4, 0.5) is 0 Å². The summed E-state index contributed by atoms with van der Waals surface area (Å²) >= 11 is 0. The molecule has 1 aromatic rings. The van der Waals surface area contributed by atoms with Crippen molar-refractivity contribution in [3.05, 3.63) is 34.9 Å². The van der Waals surface area contributed by atoms with Gasteiger partial charge < -0.3 is 10.4 Å². The van der Waals surface area contributed by atoms with Gasteiger partial charge in [0.2, 0.25) is 0 Å². The summed E-state index contributed by atoms with van der Waals surface area (Å²) in [6.45, 7) is 4.49. The lowest BCUT2D eigenvalue weighted by atomic mass is 9.86. The maximum Gasteiger partial charge on any atom is 0.251 e. The van der Waals surface area contributed by atoms with Gasteiger partial charge >= 0.3 is 0 Å². The Kier molecular flexibility index (Phi) is 4.59. The Morgan fingerprint density at radius 3 is 2.53 bits per heavy atom. The van der Waals surface area contributed by atoms with Crippen molar-refractivity contribution in [2.45, 2.75) is 45.6 Å². The molecule has 1 saturated carbocycles. The van der Waals surface area contributed by atoms with E-state index in [0.29, 0.717) is 6.54 Å². The Balaban J connectivity index is 1.97. The molecule has 0 radical (unpaired) electrons. The summed E-state index contributed by atoms with van der Waals surface area (Å²) in [5.41, 5.74) is 2.77. The first-order valence-corrected chi connectivity index (χ1v) is 7.12. The number of carbonyl (C=O) groups is 1. The maximum absolute atomic E-state index is 12.2. The van der Waals surface area contributed by atoms with Crippen LogP contribution in [0, 0.1) is 19.8 Å². The fourth-order valence-electron chi connectivity index (χ4n) is 2.91. The summed E-state index contributed by atoms with van der Waals surface area (Å²) in [6, 6.07) is 5.88. The van der Waals surface area contributed by atoms with E-state index in [0.717, 1.165) is 42.4 Å². The van der Waals surface area contributed by atoms with Gasteiger partial charge in [-0.05, 0) is 37.8 Å². The number of benzene rings is 1. The van der Waals surface area contributed by atoms with E-state index in [-0.39, 0.29) is 17.9 Å². The van der Waals surface area contributed by atoms with E-state index in [9.17, 15) is 9.90 Å². The SMILES string of the molecule is Cc1cccc(C)c1C(=O)NCC1CCCCC1O. The lowest BCUT2D eigenvalue weighted by molar-refractivity contribution is 0.0662. The summed E-state index contributed by atoms with van der Waals surface area (Å²) < 4.78 is 0. The highest BCUT2D eigenvalue weighted by Crippen LogP contribution is 2.23. The first kappa shape index (κ1) is 14.1. The Morgan fingerprint density at radius 2 is 1.89 bits per heavy atom. The summed E-state index contributed by atoms with van der Waals surface area (Å²) in [4.78, 5) is 12.2. The standard InChI is InChI=1S/C16H23NO2/c1-11-6-5-7-12(2)15(11)16(19)17-10-13-8-3-4-9-14(13)18/h5-7,13-14,18H,3-4,8-10H2,1-2H3,(H,17,19). The molecule has 2 unspecified atom stereocenters. The highest BCUT2D eigenvalue weighted by atomic mass is 16.3. The average Bonchev–Trinajstić information content (AvgIpc) is 2.37. The van der Waals surface area contributed by atoms with Crippen molar-refractivity contribution in [3.63, 3.8) is 0 Å². The predicted molar refractivity (Wildman–Crippen MR) is 76.2 cm³/mol. The highest BCUT2D eigenvalue weighted by molar-refractivity contribution is 5.97. The van der Waals surface area contributed by atoms with Gasteiger partial charge in [0.25, 0.3) is 5.91 Å². The van der Waals surface area contributed by atoms with Crippen molar-refractivity contribution in [2.75, 3.05) is 6.54 Å². The lowest BCUT2D eigenvalue weighted by Gasteiger charge is -2.27. The van der Waals surface area contributed by atoms with Crippen molar-refractivity contribution in [2.24, 2.45) is 5.92 Å². The molecule has 1 aliphatic carbocycles. The fraction of sp³-hybridized carbons (Fsp3) is 0.562. The van der Waals surface area contributed by atoms with Crippen LogP contribution < -0.4 is 5.32 Å². The molecule has 0 saturated heterocycles. The monoisotopic (exact) mass is 261 g/mol.